The van der Waals surface area contributed by atoms with Crippen molar-refractivity contribution in [1.82, 2.24) is 0 Å². The molecule has 3 heteroatoms. The molecule has 0 aliphatic rings. The Bertz CT molecular complexity index is 601. The molecule has 2 aromatic carbocycles. The predicted molar refractivity (Wildman–Crippen MR) is 74.5 cm³/mol. The Morgan fingerprint density at radius 1 is 1.16 bits per heavy atom. The zero-order chi connectivity index (χ0) is 13.7. The summed E-state index contributed by atoms with van der Waals surface area (Å²) in [6.45, 7) is 0. The van der Waals surface area contributed by atoms with Crippen LogP contribution in [0.5, 0.6) is 11.5 Å². The Morgan fingerprint density at radius 3 is 2.58 bits per heavy atom. The minimum Gasteiger partial charge on any atom is -0.508 e. The number of methoxy groups -OCH3 is 1. The van der Waals surface area contributed by atoms with Crippen LogP contribution in [0.2, 0.25) is 0 Å². The van der Waals surface area contributed by atoms with Crippen molar-refractivity contribution in [2.24, 2.45) is 0 Å². The van der Waals surface area contributed by atoms with Crippen molar-refractivity contribution < 1.29 is 14.6 Å². The van der Waals surface area contributed by atoms with Gasteiger partial charge in [0.2, 0.25) is 0 Å². The van der Waals surface area contributed by atoms with E-state index in [-0.39, 0.29) is 11.5 Å². The quantitative estimate of drug-likeness (QED) is 0.672. The molecule has 0 bridgehead atoms. The van der Waals surface area contributed by atoms with Gasteiger partial charge in [-0.1, -0.05) is 30.3 Å². The number of aromatic hydroxyl groups is 1. The van der Waals surface area contributed by atoms with Crippen LogP contribution in [-0.2, 0) is 0 Å². The molecule has 0 aliphatic heterocycles. The van der Waals surface area contributed by atoms with Crippen LogP contribution < -0.4 is 4.74 Å². The number of carbonyl (C=O) groups excluding carboxylic acids is 1. The highest BCUT2D eigenvalue weighted by molar-refractivity contribution is 6.06. The molecule has 3 nitrogen and oxygen atoms in total. The summed E-state index contributed by atoms with van der Waals surface area (Å²) in [6, 6.07) is 13.8. The largest absolute Gasteiger partial charge is 0.508 e. The molecule has 19 heavy (non-hydrogen) atoms. The molecular weight excluding hydrogens is 240 g/mol. The number of rotatable bonds is 4. The van der Waals surface area contributed by atoms with Crippen molar-refractivity contribution >= 4 is 11.9 Å². The first-order chi connectivity index (χ1) is 9.20. The van der Waals surface area contributed by atoms with Crippen LogP contribution in [0.3, 0.4) is 0 Å². The van der Waals surface area contributed by atoms with E-state index in [0.29, 0.717) is 11.3 Å². The molecule has 0 fully saturated rings. The number of allylic oxidation sites excluding steroid dienone is 1. The number of carbonyl (C=O) groups is 1. The third-order valence-corrected chi connectivity index (χ3v) is 2.69. The van der Waals surface area contributed by atoms with Gasteiger partial charge < -0.3 is 9.84 Å². The van der Waals surface area contributed by atoms with Crippen LogP contribution >= 0.6 is 0 Å². The molecule has 0 amide bonds. The summed E-state index contributed by atoms with van der Waals surface area (Å²) in [6.07, 6.45) is 3.16. The van der Waals surface area contributed by atoms with Crippen molar-refractivity contribution in [3.8, 4) is 11.5 Å². The Kier molecular flexibility index (Phi) is 3.98. The van der Waals surface area contributed by atoms with Gasteiger partial charge in [0, 0.05) is 17.2 Å². The molecule has 0 saturated carbocycles. The van der Waals surface area contributed by atoms with Gasteiger partial charge in [0.05, 0.1) is 7.11 Å². The van der Waals surface area contributed by atoms with Gasteiger partial charge in [0.1, 0.15) is 11.5 Å². The minimum atomic E-state index is -0.0734. The number of phenolic OH excluding ortho intramolecular Hbond substituents is 1. The van der Waals surface area contributed by atoms with Gasteiger partial charge in [0.15, 0.2) is 5.78 Å². The van der Waals surface area contributed by atoms with Gasteiger partial charge in [-0.15, -0.1) is 0 Å². The lowest BCUT2D eigenvalue weighted by Crippen LogP contribution is -1.93. The molecule has 0 unspecified atom stereocenters. The predicted octanol–water partition coefficient (Wildman–Crippen LogP) is 3.30. The van der Waals surface area contributed by atoms with E-state index >= 15 is 0 Å². The van der Waals surface area contributed by atoms with Crippen molar-refractivity contribution in [1.29, 1.82) is 0 Å². The molecule has 0 saturated heterocycles. The van der Waals surface area contributed by atoms with Crippen molar-refractivity contribution in [2.45, 2.75) is 0 Å². The van der Waals surface area contributed by atoms with E-state index in [4.69, 9.17) is 4.74 Å². The normalized spacial score (nSPS) is 10.6. The van der Waals surface area contributed by atoms with Gasteiger partial charge in [-0.05, 0) is 24.3 Å². The second kappa shape index (κ2) is 5.87. The Morgan fingerprint density at radius 2 is 1.89 bits per heavy atom. The standard InChI is InChI=1S/C16H14O3/c1-19-16-11-14(17)9-7-13(16)8-10-15(18)12-5-3-2-4-6-12/h2-11,17H,1H3/b10-8+. The SMILES string of the molecule is COc1cc(O)ccc1/C=C/C(=O)c1ccccc1. The number of phenols is 1. The highest BCUT2D eigenvalue weighted by Crippen LogP contribution is 2.24. The van der Waals surface area contributed by atoms with Gasteiger partial charge in [-0.2, -0.15) is 0 Å². The first kappa shape index (κ1) is 12.9. The van der Waals surface area contributed by atoms with Gasteiger partial charge in [-0.25, -0.2) is 0 Å². The lowest BCUT2D eigenvalue weighted by molar-refractivity contribution is 0.104. The molecule has 96 valence electrons. The van der Waals surface area contributed by atoms with E-state index in [1.165, 1.54) is 19.3 Å². The first-order valence-corrected chi connectivity index (χ1v) is 5.85. The molecule has 0 atom stereocenters. The van der Waals surface area contributed by atoms with Crippen LogP contribution in [0, 0.1) is 0 Å². The molecule has 0 radical (unpaired) electrons. The number of hydrogen-bond donors (Lipinski definition) is 1. The molecule has 2 rings (SSSR count). The monoisotopic (exact) mass is 254 g/mol. The zero-order valence-electron chi connectivity index (χ0n) is 10.5. The number of ether oxygens (including phenoxy) is 1. The van der Waals surface area contributed by atoms with E-state index in [9.17, 15) is 9.90 Å². The molecular formula is C16H14O3. The second-order valence-corrected chi connectivity index (χ2v) is 3.99. The topological polar surface area (TPSA) is 46.5 Å². The maximum absolute atomic E-state index is 11.9. The summed E-state index contributed by atoms with van der Waals surface area (Å²) in [4.78, 5) is 11.9. The lowest BCUT2D eigenvalue weighted by atomic mass is 10.1. The van der Waals surface area contributed by atoms with Gasteiger partial charge in [0.25, 0.3) is 0 Å². The number of benzene rings is 2. The Labute approximate surface area is 111 Å². The fourth-order valence-corrected chi connectivity index (χ4v) is 1.70. The van der Waals surface area contributed by atoms with E-state index in [0.717, 1.165) is 5.56 Å². The maximum atomic E-state index is 11.9. The molecule has 1 N–H and O–H groups in total. The Hall–Kier alpha value is -2.55. The molecule has 0 spiro atoms. The summed E-state index contributed by atoms with van der Waals surface area (Å²) in [5.41, 5.74) is 1.38. The highest BCUT2D eigenvalue weighted by atomic mass is 16.5. The summed E-state index contributed by atoms with van der Waals surface area (Å²) in [5, 5.41) is 9.35. The molecule has 0 aliphatic carbocycles. The Balaban J connectivity index is 2.21. The summed E-state index contributed by atoms with van der Waals surface area (Å²) in [5.74, 6) is 0.580. The molecule has 0 aromatic heterocycles. The van der Waals surface area contributed by atoms with Crippen molar-refractivity contribution in [3.63, 3.8) is 0 Å². The van der Waals surface area contributed by atoms with Gasteiger partial charge in [-0.3, -0.25) is 4.79 Å². The highest BCUT2D eigenvalue weighted by Gasteiger charge is 2.03. The van der Waals surface area contributed by atoms with E-state index in [1.807, 2.05) is 18.2 Å². The van der Waals surface area contributed by atoms with E-state index < -0.39 is 0 Å². The average Bonchev–Trinajstić information content (AvgIpc) is 2.46. The molecule has 0 heterocycles. The van der Waals surface area contributed by atoms with Crippen LogP contribution in [0.1, 0.15) is 15.9 Å². The van der Waals surface area contributed by atoms with Crippen LogP contribution in [-0.4, -0.2) is 18.0 Å². The fourth-order valence-electron chi connectivity index (χ4n) is 1.70. The lowest BCUT2D eigenvalue weighted by Gasteiger charge is -2.04. The first-order valence-electron chi connectivity index (χ1n) is 5.85. The van der Waals surface area contributed by atoms with E-state index in [2.05, 4.69) is 0 Å². The number of ketones is 1. The van der Waals surface area contributed by atoms with Crippen molar-refractivity contribution in [3.05, 3.63) is 65.7 Å². The van der Waals surface area contributed by atoms with E-state index in [1.54, 1.807) is 30.3 Å². The minimum absolute atomic E-state index is 0.0734. The van der Waals surface area contributed by atoms with Crippen LogP contribution in [0.15, 0.2) is 54.6 Å². The summed E-state index contributed by atoms with van der Waals surface area (Å²) < 4.78 is 5.14. The summed E-state index contributed by atoms with van der Waals surface area (Å²) >= 11 is 0. The third-order valence-electron chi connectivity index (χ3n) is 2.69. The van der Waals surface area contributed by atoms with Crippen molar-refractivity contribution in [2.75, 3.05) is 7.11 Å². The number of hydrogen-bond acceptors (Lipinski definition) is 3. The third kappa shape index (κ3) is 3.22. The zero-order valence-corrected chi connectivity index (χ0v) is 10.5. The summed E-state index contributed by atoms with van der Waals surface area (Å²) in [7, 11) is 1.52. The smallest absolute Gasteiger partial charge is 0.185 e. The van der Waals surface area contributed by atoms with Gasteiger partial charge >= 0.3 is 0 Å². The second-order valence-electron chi connectivity index (χ2n) is 3.99. The van der Waals surface area contributed by atoms with Crippen LogP contribution in [0.4, 0.5) is 0 Å². The maximum Gasteiger partial charge on any atom is 0.185 e. The van der Waals surface area contributed by atoms with Crippen LogP contribution in [0.25, 0.3) is 6.08 Å². The fraction of sp³-hybridized carbons (Fsp3) is 0.0625. The average molecular weight is 254 g/mol. The molecule has 2 aromatic rings.